The van der Waals surface area contributed by atoms with Gasteiger partial charge in [-0.25, -0.2) is 8.42 Å². The number of anilines is 1. The van der Waals surface area contributed by atoms with Crippen LogP contribution in [0.25, 0.3) is 0 Å². The van der Waals surface area contributed by atoms with Crippen LogP contribution in [0, 0.1) is 6.92 Å². The van der Waals surface area contributed by atoms with E-state index in [4.69, 9.17) is 4.52 Å². The zero-order valence-corrected chi connectivity index (χ0v) is 14.1. The van der Waals surface area contributed by atoms with Gasteiger partial charge >= 0.3 is 0 Å². The second-order valence-corrected chi connectivity index (χ2v) is 6.83. The molecule has 0 bridgehead atoms. The summed E-state index contributed by atoms with van der Waals surface area (Å²) in [7, 11) is -3.57. The number of nitrogens with one attached hydrogen (secondary N) is 1. The molecule has 23 heavy (non-hydrogen) atoms. The third-order valence-electron chi connectivity index (χ3n) is 3.30. The van der Waals surface area contributed by atoms with Crippen LogP contribution in [-0.2, 0) is 10.0 Å². The fourth-order valence-electron chi connectivity index (χ4n) is 2.12. The largest absolute Gasteiger partial charge is 0.361 e. The smallest absolute Gasteiger partial charge is 0.277 e. The van der Waals surface area contributed by atoms with Gasteiger partial charge in [-0.05, 0) is 25.1 Å². The molecule has 1 N–H and O–H groups in total. The van der Waals surface area contributed by atoms with Gasteiger partial charge in [0.2, 0.25) is 10.0 Å². The molecule has 0 radical (unpaired) electrons. The predicted octanol–water partition coefficient (Wildman–Crippen LogP) is 2.27. The van der Waals surface area contributed by atoms with Gasteiger partial charge in [-0.3, -0.25) is 4.79 Å². The molecule has 1 aromatic carbocycles. The van der Waals surface area contributed by atoms with E-state index in [1.165, 1.54) is 22.5 Å². The minimum atomic E-state index is -3.57. The summed E-state index contributed by atoms with van der Waals surface area (Å²) in [5.74, 6) is 0.0623. The Hall–Kier alpha value is -2.19. The van der Waals surface area contributed by atoms with Crippen molar-refractivity contribution in [3.8, 4) is 0 Å². The van der Waals surface area contributed by atoms with Gasteiger partial charge in [0.25, 0.3) is 5.91 Å². The molecular weight excluding hydrogens is 318 g/mol. The zero-order chi connectivity index (χ0) is 17.0. The van der Waals surface area contributed by atoms with E-state index in [0.29, 0.717) is 24.5 Å². The molecule has 1 heterocycles. The Kier molecular flexibility index (Phi) is 5.17. The first kappa shape index (κ1) is 17.2. The standard InChI is InChI=1S/C15H19N3O4S/c1-4-18(5-2)23(20,21)13-8-6-7-12(10-13)16-15(19)14-9-11(3)22-17-14/h6-10H,4-5H2,1-3H3,(H,16,19). The fraction of sp³-hybridized carbons (Fsp3) is 0.333. The molecule has 0 fully saturated rings. The molecule has 0 aliphatic carbocycles. The summed E-state index contributed by atoms with van der Waals surface area (Å²) in [6.45, 7) is 6.00. The van der Waals surface area contributed by atoms with Gasteiger partial charge in [0.15, 0.2) is 5.69 Å². The maximum Gasteiger partial charge on any atom is 0.277 e. The van der Waals surface area contributed by atoms with Crippen LogP contribution in [0.5, 0.6) is 0 Å². The summed E-state index contributed by atoms with van der Waals surface area (Å²) >= 11 is 0. The Morgan fingerprint density at radius 3 is 2.52 bits per heavy atom. The number of hydrogen-bond acceptors (Lipinski definition) is 5. The average Bonchev–Trinajstić information content (AvgIpc) is 2.95. The lowest BCUT2D eigenvalue weighted by Gasteiger charge is -2.18. The molecule has 124 valence electrons. The molecule has 7 nitrogen and oxygen atoms in total. The zero-order valence-electron chi connectivity index (χ0n) is 13.2. The predicted molar refractivity (Wildman–Crippen MR) is 85.7 cm³/mol. The lowest BCUT2D eigenvalue weighted by molar-refractivity contribution is 0.101. The van der Waals surface area contributed by atoms with Crippen molar-refractivity contribution < 1.29 is 17.7 Å². The molecule has 0 saturated carbocycles. The first-order valence-corrected chi connectivity index (χ1v) is 8.67. The number of hydrogen-bond donors (Lipinski definition) is 1. The first-order chi connectivity index (χ1) is 10.9. The molecule has 1 aromatic heterocycles. The van der Waals surface area contributed by atoms with Gasteiger partial charge in [-0.2, -0.15) is 4.31 Å². The highest BCUT2D eigenvalue weighted by Crippen LogP contribution is 2.20. The van der Waals surface area contributed by atoms with Crippen LogP contribution in [0.3, 0.4) is 0 Å². The lowest BCUT2D eigenvalue weighted by atomic mass is 10.3. The van der Waals surface area contributed by atoms with Crippen molar-refractivity contribution in [2.45, 2.75) is 25.7 Å². The van der Waals surface area contributed by atoms with E-state index in [9.17, 15) is 13.2 Å². The number of aromatic nitrogens is 1. The second-order valence-electron chi connectivity index (χ2n) is 4.89. The quantitative estimate of drug-likeness (QED) is 0.873. The Morgan fingerprint density at radius 2 is 1.96 bits per heavy atom. The van der Waals surface area contributed by atoms with Gasteiger partial charge in [-0.15, -0.1) is 0 Å². The highest BCUT2D eigenvalue weighted by atomic mass is 32.2. The molecule has 0 atom stereocenters. The number of aryl methyl sites for hydroxylation is 1. The number of benzene rings is 1. The normalized spacial score (nSPS) is 11.7. The van der Waals surface area contributed by atoms with Crippen molar-refractivity contribution in [3.63, 3.8) is 0 Å². The molecule has 1 amide bonds. The number of rotatable bonds is 6. The Labute approximate surface area is 135 Å². The minimum Gasteiger partial charge on any atom is -0.361 e. The lowest BCUT2D eigenvalue weighted by Crippen LogP contribution is -2.30. The highest BCUT2D eigenvalue weighted by Gasteiger charge is 2.22. The monoisotopic (exact) mass is 337 g/mol. The van der Waals surface area contributed by atoms with E-state index in [0.717, 1.165) is 0 Å². The van der Waals surface area contributed by atoms with Crippen LogP contribution in [0.2, 0.25) is 0 Å². The van der Waals surface area contributed by atoms with Crippen molar-refractivity contribution >= 4 is 21.6 Å². The Bertz CT molecular complexity index is 795. The van der Waals surface area contributed by atoms with Gasteiger partial charge in [0, 0.05) is 24.8 Å². The van der Waals surface area contributed by atoms with Crippen LogP contribution in [0.1, 0.15) is 30.1 Å². The summed E-state index contributed by atoms with van der Waals surface area (Å²) in [5.41, 5.74) is 0.517. The van der Waals surface area contributed by atoms with Crippen LogP contribution >= 0.6 is 0 Å². The molecule has 2 aromatic rings. The molecule has 2 rings (SSSR count). The van der Waals surface area contributed by atoms with Gasteiger partial charge < -0.3 is 9.84 Å². The molecule has 0 spiro atoms. The molecule has 0 unspecified atom stereocenters. The van der Waals surface area contributed by atoms with E-state index >= 15 is 0 Å². The first-order valence-electron chi connectivity index (χ1n) is 7.23. The topological polar surface area (TPSA) is 92.5 Å². The summed E-state index contributed by atoms with van der Waals surface area (Å²) in [6.07, 6.45) is 0. The van der Waals surface area contributed by atoms with Crippen molar-refractivity contribution in [1.29, 1.82) is 0 Å². The number of amides is 1. The van der Waals surface area contributed by atoms with E-state index < -0.39 is 15.9 Å². The van der Waals surface area contributed by atoms with E-state index in [-0.39, 0.29) is 10.6 Å². The summed E-state index contributed by atoms with van der Waals surface area (Å²) in [5, 5.41) is 6.24. The number of carbonyl (C=O) groups is 1. The molecular formula is C15H19N3O4S. The third kappa shape index (κ3) is 3.77. The Balaban J connectivity index is 2.25. The van der Waals surface area contributed by atoms with Crippen LogP contribution < -0.4 is 5.32 Å². The second kappa shape index (κ2) is 6.93. The Morgan fingerprint density at radius 1 is 1.26 bits per heavy atom. The number of carbonyl (C=O) groups excluding carboxylic acids is 1. The molecule has 0 aliphatic heterocycles. The fourth-order valence-corrected chi connectivity index (χ4v) is 3.62. The average molecular weight is 337 g/mol. The minimum absolute atomic E-state index is 0.135. The third-order valence-corrected chi connectivity index (χ3v) is 5.34. The van der Waals surface area contributed by atoms with Crippen molar-refractivity contribution in [2.75, 3.05) is 18.4 Å². The van der Waals surface area contributed by atoms with Crippen LogP contribution in [-0.4, -0.2) is 36.9 Å². The van der Waals surface area contributed by atoms with E-state index in [2.05, 4.69) is 10.5 Å². The number of nitrogens with zero attached hydrogens (tertiary/aromatic N) is 2. The van der Waals surface area contributed by atoms with Gasteiger partial charge in [-0.1, -0.05) is 25.1 Å². The van der Waals surface area contributed by atoms with Gasteiger partial charge in [0.1, 0.15) is 5.76 Å². The van der Waals surface area contributed by atoms with E-state index in [1.807, 2.05) is 0 Å². The molecule has 0 saturated heterocycles. The van der Waals surface area contributed by atoms with E-state index in [1.54, 1.807) is 32.9 Å². The maximum absolute atomic E-state index is 12.5. The van der Waals surface area contributed by atoms with Crippen molar-refractivity contribution in [1.82, 2.24) is 9.46 Å². The van der Waals surface area contributed by atoms with Gasteiger partial charge in [0.05, 0.1) is 4.90 Å². The summed E-state index contributed by atoms with van der Waals surface area (Å²) < 4.78 is 31.2. The molecule has 8 heteroatoms. The summed E-state index contributed by atoms with van der Waals surface area (Å²) in [4.78, 5) is 12.2. The van der Waals surface area contributed by atoms with Crippen molar-refractivity contribution in [3.05, 3.63) is 41.8 Å². The maximum atomic E-state index is 12.5. The van der Waals surface area contributed by atoms with Crippen LogP contribution in [0.15, 0.2) is 39.8 Å². The van der Waals surface area contributed by atoms with Crippen LogP contribution in [0.4, 0.5) is 5.69 Å². The van der Waals surface area contributed by atoms with Crippen molar-refractivity contribution in [2.24, 2.45) is 0 Å². The summed E-state index contributed by atoms with van der Waals surface area (Å²) in [6, 6.07) is 7.64. The number of sulfonamides is 1. The highest BCUT2D eigenvalue weighted by molar-refractivity contribution is 7.89. The molecule has 0 aliphatic rings. The SMILES string of the molecule is CCN(CC)S(=O)(=O)c1cccc(NC(=O)c2cc(C)on2)c1.